The normalized spacial score (nSPS) is 22.8. The number of nitrogens with zero attached hydrogens (tertiary/aromatic N) is 2. The molecule has 0 radical (unpaired) electrons. The third-order valence-corrected chi connectivity index (χ3v) is 15.6. The number of amides is 1. The lowest BCUT2D eigenvalue weighted by Crippen LogP contribution is -2.70. The molecular formula is C61H70N2O9. The van der Waals surface area contributed by atoms with Crippen molar-refractivity contribution in [2.24, 2.45) is 28.8 Å². The molecule has 0 aromatic heterocycles. The van der Waals surface area contributed by atoms with Crippen molar-refractivity contribution in [3.8, 4) is 23.0 Å². The number of rotatable bonds is 24. The Balaban J connectivity index is 1.25. The number of aldehydes is 1. The first kappa shape index (κ1) is 50.7. The van der Waals surface area contributed by atoms with E-state index in [-0.39, 0.29) is 50.1 Å². The Hall–Kier alpha value is -6.27. The van der Waals surface area contributed by atoms with Crippen molar-refractivity contribution in [1.82, 2.24) is 4.90 Å². The molecule has 0 bridgehead atoms. The Morgan fingerprint density at radius 2 is 1.62 bits per heavy atom. The molecule has 2 N–H and O–H groups in total. The maximum absolute atomic E-state index is 15.6. The summed E-state index contributed by atoms with van der Waals surface area (Å²) in [5.41, 5.74) is 5.03. The van der Waals surface area contributed by atoms with Crippen LogP contribution in [0.3, 0.4) is 0 Å². The van der Waals surface area contributed by atoms with Crippen molar-refractivity contribution in [2.75, 3.05) is 26.9 Å². The van der Waals surface area contributed by atoms with Gasteiger partial charge in [-0.3, -0.25) is 9.59 Å². The molecule has 1 aliphatic heterocycles. The van der Waals surface area contributed by atoms with Crippen LogP contribution in [0.25, 0.3) is 10.8 Å². The number of hydrogen-bond acceptors (Lipinski definition) is 10. The number of allylic oxidation sites excluding steroid dienone is 1. The van der Waals surface area contributed by atoms with Crippen LogP contribution in [0.5, 0.6) is 23.0 Å². The predicted molar refractivity (Wildman–Crippen MR) is 280 cm³/mol. The van der Waals surface area contributed by atoms with Crippen molar-refractivity contribution in [3.63, 3.8) is 0 Å². The van der Waals surface area contributed by atoms with Gasteiger partial charge in [-0.15, -0.1) is 6.58 Å². The lowest BCUT2D eigenvalue weighted by atomic mass is 9.55. The molecule has 2 saturated carbocycles. The van der Waals surface area contributed by atoms with Crippen LogP contribution >= 0.6 is 0 Å². The van der Waals surface area contributed by atoms with E-state index in [2.05, 4.69) is 55.1 Å². The second-order valence-electron chi connectivity index (χ2n) is 20.0. The summed E-state index contributed by atoms with van der Waals surface area (Å²) in [6, 6.07) is 35.0. The van der Waals surface area contributed by atoms with Crippen LogP contribution in [0, 0.1) is 23.7 Å². The molecule has 9 rings (SSSR count). The molecular weight excluding hydrogens is 905 g/mol. The molecule has 0 saturated heterocycles. The molecule has 0 spiro atoms. The maximum atomic E-state index is 15.6. The van der Waals surface area contributed by atoms with Gasteiger partial charge < -0.3 is 38.9 Å². The van der Waals surface area contributed by atoms with Gasteiger partial charge in [-0.2, -0.15) is 0 Å². The molecule has 1 heterocycles. The standard InChI is InChI=1S/C61H70N2O9/c1-3-34-69-61-57(63(58(67)31-26-42-16-7-8-17-42)39-46-23-15-22-44-20-9-10-24-50(44)46)38-54(62-70-41-43-18-5-4-6-19-43)52-36-45(21-11-13-32-64)51(25-12-14-33-65)59(60(52)61)53-37-49(28-30-56(53)72-61)71-48-27-29-55(68-2)47(35-48)40-66/h3-6,9-10,15,18-20,22-24,27-30,35-37,40,42,45,51,57,59-60,64-65H,1,7-8,11-14,16-17,21,25-26,31-34,38-39,41H2,2H3. The summed E-state index contributed by atoms with van der Waals surface area (Å²) in [7, 11) is 1.53. The Morgan fingerprint density at radius 3 is 2.40 bits per heavy atom. The maximum Gasteiger partial charge on any atom is 0.239 e. The molecule has 6 atom stereocenters. The third kappa shape index (κ3) is 11.0. The van der Waals surface area contributed by atoms with Gasteiger partial charge in [-0.25, -0.2) is 0 Å². The van der Waals surface area contributed by atoms with E-state index in [0.29, 0.717) is 66.7 Å². The van der Waals surface area contributed by atoms with E-state index in [9.17, 15) is 15.0 Å². The van der Waals surface area contributed by atoms with E-state index in [1.54, 1.807) is 24.3 Å². The van der Waals surface area contributed by atoms with Crippen molar-refractivity contribution in [1.29, 1.82) is 0 Å². The van der Waals surface area contributed by atoms with E-state index in [1.165, 1.54) is 20.0 Å². The van der Waals surface area contributed by atoms with Crippen LogP contribution in [-0.4, -0.2) is 71.8 Å². The number of oxime groups is 1. The number of hydrogen-bond donors (Lipinski definition) is 2. The summed E-state index contributed by atoms with van der Waals surface area (Å²) < 4.78 is 27.0. The predicted octanol–water partition coefficient (Wildman–Crippen LogP) is 12.3. The minimum Gasteiger partial charge on any atom is -0.496 e. The minimum absolute atomic E-state index is 0.0195. The van der Waals surface area contributed by atoms with Gasteiger partial charge in [-0.1, -0.05) is 129 Å². The molecule has 5 aromatic rings. The quantitative estimate of drug-likeness (QED) is 0.0268. The molecule has 5 aromatic carbocycles. The number of aliphatic hydroxyl groups excluding tert-OH is 2. The Morgan fingerprint density at radius 1 is 0.875 bits per heavy atom. The smallest absolute Gasteiger partial charge is 0.239 e. The zero-order chi connectivity index (χ0) is 49.9. The van der Waals surface area contributed by atoms with E-state index < -0.39 is 17.7 Å². The molecule has 11 heteroatoms. The lowest BCUT2D eigenvalue weighted by Gasteiger charge is -2.60. The van der Waals surface area contributed by atoms with Crippen molar-refractivity contribution < 1.29 is 43.6 Å². The average molecular weight is 975 g/mol. The second kappa shape index (κ2) is 24.0. The molecule has 378 valence electrons. The van der Waals surface area contributed by atoms with Crippen molar-refractivity contribution >= 4 is 28.7 Å². The first-order valence-corrected chi connectivity index (χ1v) is 26.2. The van der Waals surface area contributed by atoms with E-state index >= 15 is 4.79 Å². The number of methoxy groups -OCH3 is 1. The lowest BCUT2D eigenvalue weighted by molar-refractivity contribution is -0.258. The molecule has 2 fully saturated rings. The zero-order valence-electron chi connectivity index (χ0n) is 41.7. The molecule has 11 nitrogen and oxygen atoms in total. The highest BCUT2D eigenvalue weighted by molar-refractivity contribution is 6.03. The first-order chi connectivity index (χ1) is 35.4. The molecule has 6 unspecified atom stereocenters. The Bertz CT molecular complexity index is 2710. The van der Waals surface area contributed by atoms with E-state index in [4.69, 9.17) is 28.9 Å². The summed E-state index contributed by atoms with van der Waals surface area (Å²) in [6.07, 6.45) is 15.6. The highest BCUT2D eigenvalue weighted by atomic mass is 16.7. The monoisotopic (exact) mass is 975 g/mol. The highest BCUT2D eigenvalue weighted by Crippen LogP contribution is 2.62. The fraction of sp³-hybridized carbons (Fsp3) is 0.426. The number of benzene rings is 5. The van der Waals surface area contributed by atoms with Crippen LogP contribution in [-0.2, 0) is 27.5 Å². The second-order valence-corrected chi connectivity index (χ2v) is 20.0. The van der Waals surface area contributed by atoms with Crippen LogP contribution in [0.4, 0.5) is 0 Å². The zero-order valence-corrected chi connectivity index (χ0v) is 41.7. The van der Waals surface area contributed by atoms with Gasteiger partial charge in [0.05, 0.1) is 30.9 Å². The fourth-order valence-electron chi connectivity index (χ4n) is 12.2. The first-order valence-electron chi connectivity index (χ1n) is 26.2. The van der Waals surface area contributed by atoms with Gasteiger partial charge in [0.15, 0.2) is 6.29 Å². The van der Waals surface area contributed by atoms with Crippen LogP contribution in [0.15, 0.2) is 139 Å². The number of unbranched alkanes of at least 4 members (excludes halogenated alkanes) is 2. The van der Waals surface area contributed by atoms with E-state index in [0.717, 1.165) is 90.0 Å². The number of ether oxygens (including phenoxy) is 4. The topological polar surface area (TPSA) is 136 Å². The van der Waals surface area contributed by atoms with Gasteiger partial charge in [0.1, 0.15) is 35.6 Å². The molecule has 1 amide bonds. The average Bonchev–Trinajstić information content (AvgIpc) is 3.94. The summed E-state index contributed by atoms with van der Waals surface area (Å²) in [5.74, 6) is 0.570. The highest BCUT2D eigenvalue weighted by Gasteiger charge is 2.65. The SMILES string of the molecule is C=CCOC12Oc3ccc(Oc4ccc(OC)c(C=O)c4)cc3C3C(CCCCO)C(CCCCO)C=C(C(=NOCc4ccccc4)CC1N(Cc1cccc4ccccc14)C(=O)CCC1CCCC1)C32. The number of carbonyl (C=O) groups excluding carboxylic acids is 2. The summed E-state index contributed by atoms with van der Waals surface area (Å²) in [6.45, 7) is 5.06. The fourth-order valence-corrected chi connectivity index (χ4v) is 12.2. The van der Waals surface area contributed by atoms with Crippen molar-refractivity contribution in [3.05, 3.63) is 156 Å². The number of aliphatic hydroxyl groups is 2. The summed E-state index contributed by atoms with van der Waals surface area (Å²) in [4.78, 5) is 36.1. The van der Waals surface area contributed by atoms with Gasteiger partial charge in [0.2, 0.25) is 11.7 Å². The Labute approximate surface area is 424 Å². The van der Waals surface area contributed by atoms with Gasteiger partial charge in [0, 0.05) is 44.1 Å². The third-order valence-electron chi connectivity index (χ3n) is 15.6. The Kier molecular flexibility index (Phi) is 16.9. The van der Waals surface area contributed by atoms with Crippen LogP contribution in [0.1, 0.15) is 116 Å². The van der Waals surface area contributed by atoms with Gasteiger partial charge >= 0.3 is 0 Å². The van der Waals surface area contributed by atoms with Gasteiger partial charge in [-0.05, 0) is 114 Å². The molecule has 72 heavy (non-hydrogen) atoms. The van der Waals surface area contributed by atoms with Crippen LogP contribution < -0.4 is 14.2 Å². The van der Waals surface area contributed by atoms with E-state index in [1.807, 2.05) is 53.4 Å². The number of fused-ring (bicyclic) bond motifs is 3. The number of carbonyl (C=O) groups is 2. The summed E-state index contributed by atoms with van der Waals surface area (Å²) in [5, 5.41) is 27.5. The van der Waals surface area contributed by atoms with Crippen molar-refractivity contribution in [2.45, 2.75) is 114 Å². The molecule has 3 aliphatic carbocycles. The summed E-state index contributed by atoms with van der Waals surface area (Å²) >= 11 is 0. The van der Waals surface area contributed by atoms with Crippen LogP contribution in [0.2, 0.25) is 0 Å². The van der Waals surface area contributed by atoms with Gasteiger partial charge in [0.25, 0.3) is 0 Å². The largest absolute Gasteiger partial charge is 0.496 e. The molecule has 4 aliphatic rings. The minimum atomic E-state index is -1.42.